The number of hydrogen-bond donors (Lipinski definition) is 1. The zero-order chi connectivity index (χ0) is 13.3. The number of benzene rings is 1. The first-order valence-corrected chi connectivity index (χ1v) is 5.98. The highest BCUT2D eigenvalue weighted by molar-refractivity contribution is 6.44. The summed E-state index contributed by atoms with van der Waals surface area (Å²) < 4.78 is 0. The highest BCUT2D eigenvalue weighted by Gasteiger charge is 2.17. The van der Waals surface area contributed by atoms with Crippen molar-refractivity contribution in [2.24, 2.45) is 0 Å². The van der Waals surface area contributed by atoms with Gasteiger partial charge in [-0.1, -0.05) is 46.9 Å². The summed E-state index contributed by atoms with van der Waals surface area (Å²) in [7, 11) is 0. The van der Waals surface area contributed by atoms with Crippen molar-refractivity contribution in [1.82, 2.24) is 4.98 Å². The van der Waals surface area contributed by atoms with Crippen molar-refractivity contribution < 1.29 is 9.90 Å². The second kappa shape index (κ2) is 5.14. The average molecular weight is 303 g/mol. The molecule has 0 unspecified atom stereocenters. The SMILES string of the molecule is O=C(O)c1ccnc(-c2cccc(Cl)c2Cl)c1Cl. The predicted octanol–water partition coefficient (Wildman–Crippen LogP) is 4.41. The van der Waals surface area contributed by atoms with Crippen LogP contribution in [0, 0.1) is 0 Å². The maximum atomic E-state index is 11.0. The summed E-state index contributed by atoms with van der Waals surface area (Å²) in [6.07, 6.45) is 1.36. The Morgan fingerprint density at radius 2 is 1.83 bits per heavy atom. The zero-order valence-electron chi connectivity index (χ0n) is 8.82. The maximum absolute atomic E-state index is 11.0. The van der Waals surface area contributed by atoms with Gasteiger partial charge in [-0.05, 0) is 12.1 Å². The third-order valence-corrected chi connectivity index (χ3v) is 3.53. The number of aromatic nitrogens is 1. The van der Waals surface area contributed by atoms with Crippen LogP contribution >= 0.6 is 34.8 Å². The van der Waals surface area contributed by atoms with E-state index in [1.54, 1.807) is 18.2 Å². The molecule has 18 heavy (non-hydrogen) atoms. The highest BCUT2D eigenvalue weighted by atomic mass is 35.5. The molecule has 3 nitrogen and oxygen atoms in total. The molecule has 1 aromatic heterocycles. The van der Waals surface area contributed by atoms with Crippen molar-refractivity contribution in [3.05, 3.63) is 51.1 Å². The molecular formula is C12H6Cl3NO2. The summed E-state index contributed by atoms with van der Waals surface area (Å²) in [6, 6.07) is 6.32. The monoisotopic (exact) mass is 301 g/mol. The van der Waals surface area contributed by atoms with E-state index in [4.69, 9.17) is 39.9 Å². The van der Waals surface area contributed by atoms with E-state index in [2.05, 4.69) is 4.98 Å². The number of aromatic carboxylic acids is 1. The summed E-state index contributed by atoms with van der Waals surface area (Å²) >= 11 is 18.0. The number of rotatable bonds is 2. The molecule has 0 saturated carbocycles. The van der Waals surface area contributed by atoms with Gasteiger partial charge in [-0.2, -0.15) is 0 Å². The van der Waals surface area contributed by atoms with E-state index in [0.29, 0.717) is 16.3 Å². The molecule has 0 amide bonds. The Kier molecular flexibility index (Phi) is 3.76. The van der Waals surface area contributed by atoms with E-state index in [1.165, 1.54) is 12.3 Å². The van der Waals surface area contributed by atoms with Crippen LogP contribution in [0.2, 0.25) is 15.1 Å². The molecule has 2 aromatic rings. The quantitative estimate of drug-likeness (QED) is 0.894. The van der Waals surface area contributed by atoms with Gasteiger partial charge in [-0.3, -0.25) is 4.98 Å². The fraction of sp³-hybridized carbons (Fsp3) is 0. The van der Waals surface area contributed by atoms with Gasteiger partial charge in [-0.25, -0.2) is 4.79 Å². The van der Waals surface area contributed by atoms with Gasteiger partial charge in [0.05, 0.1) is 26.3 Å². The topological polar surface area (TPSA) is 50.2 Å². The van der Waals surface area contributed by atoms with Gasteiger partial charge in [0.15, 0.2) is 0 Å². The molecule has 0 atom stereocenters. The molecule has 0 saturated heterocycles. The lowest BCUT2D eigenvalue weighted by Crippen LogP contribution is -2.00. The normalized spacial score (nSPS) is 10.4. The van der Waals surface area contributed by atoms with Crippen molar-refractivity contribution in [2.45, 2.75) is 0 Å². The van der Waals surface area contributed by atoms with Crippen LogP contribution in [0.5, 0.6) is 0 Å². The lowest BCUT2D eigenvalue weighted by atomic mass is 10.1. The Hall–Kier alpha value is -1.29. The molecule has 1 N–H and O–H groups in total. The molecule has 2 rings (SSSR count). The van der Waals surface area contributed by atoms with E-state index >= 15 is 0 Å². The van der Waals surface area contributed by atoms with Gasteiger partial charge >= 0.3 is 5.97 Å². The lowest BCUT2D eigenvalue weighted by Gasteiger charge is -2.08. The summed E-state index contributed by atoms with van der Waals surface area (Å²) in [5.74, 6) is -1.12. The fourth-order valence-electron chi connectivity index (χ4n) is 1.48. The average Bonchev–Trinajstić information content (AvgIpc) is 2.33. The van der Waals surface area contributed by atoms with E-state index in [1.807, 2.05) is 0 Å². The first kappa shape index (κ1) is 13.1. The Bertz CT molecular complexity index is 629. The fourth-order valence-corrected chi connectivity index (χ4v) is 2.17. The third-order valence-electron chi connectivity index (χ3n) is 2.33. The van der Waals surface area contributed by atoms with Crippen LogP contribution in [-0.4, -0.2) is 16.1 Å². The minimum atomic E-state index is -1.12. The molecule has 0 aliphatic rings. The lowest BCUT2D eigenvalue weighted by molar-refractivity contribution is 0.0697. The predicted molar refractivity (Wildman–Crippen MR) is 71.7 cm³/mol. The smallest absolute Gasteiger partial charge is 0.337 e. The van der Waals surface area contributed by atoms with Gasteiger partial charge < -0.3 is 5.11 Å². The summed E-state index contributed by atoms with van der Waals surface area (Å²) in [6.45, 7) is 0. The Morgan fingerprint density at radius 1 is 1.11 bits per heavy atom. The summed E-state index contributed by atoms with van der Waals surface area (Å²) in [5, 5.41) is 9.67. The molecule has 92 valence electrons. The minimum Gasteiger partial charge on any atom is -0.478 e. The van der Waals surface area contributed by atoms with Gasteiger partial charge in [0.25, 0.3) is 0 Å². The van der Waals surface area contributed by atoms with Gasteiger partial charge in [-0.15, -0.1) is 0 Å². The molecule has 0 radical (unpaired) electrons. The van der Waals surface area contributed by atoms with Crippen molar-refractivity contribution in [1.29, 1.82) is 0 Å². The highest BCUT2D eigenvalue weighted by Crippen LogP contribution is 2.36. The van der Waals surface area contributed by atoms with Crippen LogP contribution in [0.3, 0.4) is 0 Å². The number of halogens is 3. The van der Waals surface area contributed by atoms with E-state index in [0.717, 1.165) is 0 Å². The summed E-state index contributed by atoms with van der Waals surface area (Å²) in [5.41, 5.74) is 0.763. The van der Waals surface area contributed by atoms with Crippen molar-refractivity contribution in [2.75, 3.05) is 0 Å². The van der Waals surface area contributed by atoms with Gasteiger partial charge in [0, 0.05) is 11.8 Å². The van der Waals surface area contributed by atoms with Crippen LogP contribution in [0.15, 0.2) is 30.5 Å². The molecule has 1 aromatic carbocycles. The number of carboxylic acids is 1. The van der Waals surface area contributed by atoms with Crippen molar-refractivity contribution in [3.63, 3.8) is 0 Å². The van der Waals surface area contributed by atoms with E-state index < -0.39 is 5.97 Å². The molecular weight excluding hydrogens is 296 g/mol. The first-order valence-electron chi connectivity index (χ1n) is 4.84. The largest absolute Gasteiger partial charge is 0.478 e. The van der Waals surface area contributed by atoms with Crippen LogP contribution in [-0.2, 0) is 0 Å². The molecule has 1 heterocycles. The standard InChI is InChI=1S/C12H6Cl3NO2/c13-8-3-1-2-6(9(8)14)11-10(15)7(12(17)18)4-5-16-11/h1-5H,(H,17,18). The zero-order valence-corrected chi connectivity index (χ0v) is 11.1. The van der Waals surface area contributed by atoms with Crippen LogP contribution in [0.1, 0.15) is 10.4 Å². The minimum absolute atomic E-state index is 0.0299. The van der Waals surface area contributed by atoms with Crippen LogP contribution in [0.25, 0.3) is 11.3 Å². The van der Waals surface area contributed by atoms with E-state index in [-0.39, 0.29) is 15.6 Å². The van der Waals surface area contributed by atoms with Crippen molar-refractivity contribution in [3.8, 4) is 11.3 Å². The molecule has 6 heteroatoms. The molecule has 0 fully saturated rings. The number of pyridine rings is 1. The number of hydrogen-bond acceptors (Lipinski definition) is 2. The molecule has 0 aliphatic carbocycles. The van der Waals surface area contributed by atoms with Crippen molar-refractivity contribution >= 4 is 40.8 Å². The van der Waals surface area contributed by atoms with Crippen LogP contribution < -0.4 is 0 Å². The number of carbonyl (C=O) groups is 1. The van der Waals surface area contributed by atoms with Gasteiger partial charge in [0.1, 0.15) is 0 Å². The Morgan fingerprint density at radius 3 is 2.50 bits per heavy atom. The Labute approximate surface area is 118 Å². The molecule has 0 spiro atoms. The van der Waals surface area contributed by atoms with E-state index in [9.17, 15) is 4.79 Å². The first-order chi connectivity index (χ1) is 8.52. The second-order valence-corrected chi connectivity index (χ2v) is 4.59. The summed E-state index contributed by atoms with van der Waals surface area (Å²) in [4.78, 5) is 15.0. The second-order valence-electron chi connectivity index (χ2n) is 3.43. The Balaban J connectivity index is 2.69. The maximum Gasteiger partial charge on any atom is 0.337 e. The molecule has 0 bridgehead atoms. The molecule has 0 aliphatic heterocycles. The number of carboxylic acid groups (broad SMARTS) is 1. The third kappa shape index (κ3) is 2.29. The van der Waals surface area contributed by atoms with Crippen LogP contribution in [0.4, 0.5) is 0 Å². The number of nitrogens with zero attached hydrogens (tertiary/aromatic N) is 1. The van der Waals surface area contributed by atoms with Gasteiger partial charge in [0.2, 0.25) is 0 Å².